The van der Waals surface area contributed by atoms with Gasteiger partial charge in [0.2, 0.25) is 0 Å². The average Bonchev–Trinajstić information content (AvgIpc) is 3.45. The molecule has 1 saturated heterocycles. The molecule has 1 aliphatic carbocycles. The maximum atomic E-state index is 6.15. The second kappa shape index (κ2) is 10.0. The molecular formula is C30H36N8. The highest BCUT2D eigenvalue weighted by atomic mass is 15.3. The zero-order valence-corrected chi connectivity index (χ0v) is 22.4. The largest absolute Gasteiger partial charge is 0.404 e. The molecule has 5 N–H and O–H groups in total. The van der Waals surface area contributed by atoms with E-state index in [-0.39, 0.29) is 0 Å². The summed E-state index contributed by atoms with van der Waals surface area (Å²) in [6.07, 6.45) is 12.3. The molecule has 0 unspecified atom stereocenters. The molecule has 8 heteroatoms. The molecule has 196 valence electrons. The number of hydrogen-bond acceptors (Lipinski definition) is 6. The van der Waals surface area contributed by atoms with Gasteiger partial charge in [-0.15, -0.1) is 0 Å². The number of anilines is 1. The number of rotatable bonds is 7. The summed E-state index contributed by atoms with van der Waals surface area (Å²) in [7, 11) is 2.18. The minimum atomic E-state index is 0.339. The van der Waals surface area contributed by atoms with Crippen molar-refractivity contribution in [3.8, 4) is 11.4 Å². The summed E-state index contributed by atoms with van der Waals surface area (Å²) >= 11 is 0. The normalized spacial score (nSPS) is 17.2. The number of aromatic nitrogens is 4. The Morgan fingerprint density at radius 1 is 1.05 bits per heavy atom. The van der Waals surface area contributed by atoms with E-state index in [0.29, 0.717) is 6.04 Å². The van der Waals surface area contributed by atoms with E-state index < -0.39 is 0 Å². The van der Waals surface area contributed by atoms with Crippen LogP contribution in [-0.4, -0.2) is 64.3 Å². The van der Waals surface area contributed by atoms with Crippen LogP contribution in [0, 0.1) is 0 Å². The van der Waals surface area contributed by atoms with E-state index in [9.17, 15) is 0 Å². The Morgan fingerprint density at radius 3 is 2.61 bits per heavy atom. The van der Waals surface area contributed by atoms with Gasteiger partial charge in [-0.1, -0.05) is 11.6 Å². The van der Waals surface area contributed by atoms with Gasteiger partial charge in [-0.05, 0) is 75.2 Å². The van der Waals surface area contributed by atoms with Crippen LogP contribution >= 0.6 is 0 Å². The first-order valence-corrected chi connectivity index (χ1v) is 13.5. The van der Waals surface area contributed by atoms with Crippen molar-refractivity contribution >= 4 is 33.1 Å². The summed E-state index contributed by atoms with van der Waals surface area (Å²) in [5.74, 6) is 0. The summed E-state index contributed by atoms with van der Waals surface area (Å²) in [6, 6.07) is 8.89. The van der Waals surface area contributed by atoms with Crippen LogP contribution < -0.4 is 16.0 Å². The molecule has 2 fully saturated rings. The predicted molar refractivity (Wildman–Crippen MR) is 157 cm³/mol. The fourth-order valence-electron chi connectivity index (χ4n) is 5.15. The first kappa shape index (κ1) is 24.3. The molecule has 0 radical (unpaired) electrons. The van der Waals surface area contributed by atoms with Crippen molar-refractivity contribution in [1.82, 2.24) is 30.4 Å². The standard InChI is InChI=1S/C30H36N8/c1-19(2)33-23(12-20-4-5-20)13-22(16-31)21-6-7-26-25(14-21)30(36-35-26)27-15-24-28(34-27)17-32-18-29(24)38-10-8-37(3)9-11-38/h6-7,12-19,33-34H,4-5,8-11,31H2,1-3H3,(H,35,36)/b22-16+,23-13+. The van der Waals surface area contributed by atoms with Crippen molar-refractivity contribution in [3.63, 3.8) is 0 Å². The van der Waals surface area contributed by atoms with Crippen LogP contribution in [0.5, 0.6) is 0 Å². The minimum Gasteiger partial charge on any atom is -0.404 e. The van der Waals surface area contributed by atoms with Crippen molar-refractivity contribution in [1.29, 1.82) is 0 Å². The van der Waals surface area contributed by atoms with Crippen LogP contribution in [0.15, 0.2) is 66.3 Å². The Bertz CT molecular complexity index is 1550. The molecule has 2 aliphatic rings. The number of pyridine rings is 1. The Hall–Kier alpha value is -4.04. The molecule has 0 bridgehead atoms. The maximum absolute atomic E-state index is 6.15. The highest BCUT2D eigenvalue weighted by molar-refractivity contribution is 6.00. The third-order valence-electron chi connectivity index (χ3n) is 7.36. The Kier molecular flexibility index (Phi) is 6.41. The molecule has 1 saturated carbocycles. The molecule has 0 spiro atoms. The molecule has 6 rings (SSSR count). The Balaban J connectivity index is 1.37. The van der Waals surface area contributed by atoms with Crippen LogP contribution in [0.25, 0.3) is 38.8 Å². The molecule has 1 aromatic carbocycles. The number of nitrogens with zero attached hydrogens (tertiary/aromatic N) is 4. The SMILES string of the molecule is CC(C)N/C(C=C1CC1)=C/C(=C\N)c1ccc2[nH]nc(-c3cc4c(N5CCN(C)CC5)cncc4[nH]3)c2c1. The van der Waals surface area contributed by atoms with Crippen LogP contribution in [0.2, 0.25) is 0 Å². The average molecular weight is 509 g/mol. The number of benzene rings is 1. The van der Waals surface area contributed by atoms with Gasteiger partial charge in [-0.2, -0.15) is 5.10 Å². The van der Waals surface area contributed by atoms with Gasteiger partial charge in [0.15, 0.2) is 0 Å². The van der Waals surface area contributed by atoms with Gasteiger partial charge in [-0.3, -0.25) is 10.1 Å². The molecule has 0 atom stereocenters. The number of fused-ring (bicyclic) bond motifs is 2. The fraction of sp³-hybridized carbons (Fsp3) is 0.333. The van der Waals surface area contributed by atoms with E-state index in [4.69, 9.17) is 10.8 Å². The van der Waals surface area contributed by atoms with E-state index in [0.717, 1.165) is 70.8 Å². The van der Waals surface area contributed by atoms with Gasteiger partial charge < -0.3 is 25.8 Å². The number of allylic oxidation sites excluding steroid dienone is 4. The number of aromatic amines is 2. The zero-order chi connectivity index (χ0) is 26.2. The second-order valence-corrected chi connectivity index (χ2v) is 10.7. The molecule has 4 heterocycles. The number of hydrogen-bond donors (Lipinski definition) is 4. The molecule has 0 amide bonds. The number of nitrogens with one attached hydrogen (secondary N) is 3. The summed E-state index contributed by atoms with van der Waals surface area (Å²) < 4.78 is 0. The van der Waals surface area contributed by atoms with E-state index in [1.54, 1.807) is 6.20 Å². The summed E-state index contributed by atoms with van der Waals surface area (Å²) in [5, 5.41) is 13.7. The lowest BCUT2D eigenvalue weighted by Crippen LogP contribution is -2.44. The highest BCUT2D eigenvalue weighted by Gasteiger charge is 2.19. The third kappa shape index (κ3) is 4.91. The predicted octanol–water partition coefficient (Wildman–Crippen LogP) is 4.76. The minimum absolute atomic E-state index is 0.339. The van der Waals surface area contributed by atoms with Gasteiger partial charge in [0.05, 0.1) is 34.8 Å². The second-order valence-electron chi connectivity index (χ2n) is 10.7. The first-order valence-electron chi connectivity index (χ1n) is 13.5. The molecule has 4 aromatic rings. The summed E-state index contributed by atoms with van der Waals surface area (Å²) in [5.41, 5.74) is 15.8. The topological polar surface area (TPSA) is 102 Å². The maximum Gasteiger partial charge on any atom is 0.116 e. The van der Waals surface area contributed by atoms with Gasteiger partial charge in [0.1, 0.15) is 5.69 Å². The lowest BCUT2D eigenvalue weighted by molar-refractivity contribution is 0.313. The summed E-state index contributed by atoms with van der Waals surface area (Å²) in [4.78, 5) is 12.9. The van der Waals surface area contributed by atoms with Gasteiger partial charge >= 0.3 is 0 Å². The lowest BCUT2D eigenvalue weighted by atomic mass is 10.0. The number of likely N-dealkylation sites (N-methyl/N-ethyl adjacent to an activating group) is 1. The van der Waals surface area contributed by atoms with E-state index in [1.807, 2.05) is 12.4 Å². The van der Waals surface area contributed by atoms with Crippen LogP contribution in [0.1, 0.15) is 32.3 Å². The van der Waals surface area contributed by atoms with Crippen molar-refractivity contribution in [3.05, 3.63) is 71.8 Å². The third-order valence-corrected chi connectivity index (χ3v) is 7.36. The van der Waals surface area contributed by atoms with Gasteiger partial charge in [0, 0.05) is 54.9 Å². The van der Waals surface area contributed by atoms with E-state index in [2.05, 4.69) is 87.5 Å². The molecule has 1 aliphatic heterocycles. The quantitative estimate of drug-likeness (QED) is 0.269. The molecule has 8 nitrogen and oxygen atoms in total. The lowest BCUT2D eigenvalue weighted by Gasteiger charge is -2.34. The van der Waals surface area contributed by atoms with Crippen LogP contribution in [-0.2, 0) is 0 Å². The van der Waals surface area contributed by atoms with Crippen molar-refractivity contribution in [2.75, 3.05) is 38.1 Å². The molecular weight excluding hydrogens is 472 g/mol. The highest BCUT2D eigenvalue weighted by Crippen LogP contribution is 2.34. The number of nitrogens with two attached hydrogens (primary N) is 1. The van der Waals surface area contributed by atoms with Gasteiger partial charge in [0.25, 0.3) is 0 Å². The fourth-order valence-corrected chi connectivity index (χ4v) is 5.15. The monoisotopic (exact) mass is 508 g/mol. The summed E-state index contributed by atoms with van der Waals surface area (Å²) in [6.45, 7) is 8.41. The smallest absolute Gasteiger partial charge is 0.116 e. The molecule has 38 heavy (non-hydrogen) atoms. The van der Waals surface area contributed by atoms with Gasteiger partial charge in [-0.25, -0.2) is 0 Å². The van der Waals surface area contributed by atoms with E-state index >= 15 is 0 Å². The number of piperazine rings is 1. The van der Waals surface area contributed by atoms with Crippen LogP contribution in [0.3, 0.4) is 0 Å². The van der Waals surface area contributed by atoms with Crippen LogP contribution in [0.4, 0.5) is 5.69 Å². The van der Waals surface area contributed by atoms with Crippen molar-refractivity contribution < 1.29 is 0 Å². The van der Waals surface area contributed by atoms with E-state index in [1.165, 1.54) is 29.5 Å². The zero-order valence-electron chi connectivity index (χ0n) is 22.4. The van der Waals surface area contributed by atoms with Crippen molar-refractivity contribution in [2.24, 2.45) is 5.73 Å². The number of H-pyrrole nitrogens is 2. The Labute approximate surface area is 223 Å². The van der Waals surface area contributed by atoms with Crippen molar-refractivity contribution in [2.45, 2.75) is 32.7 Å². The Morgan fingerprint density at radius 2 is 1.87 bits per heavy atom. The molecule has 3 aromatic heterocycles. The first-order chi connectivity index (χ1) is 18.5.